The van der Waals surface area contributed by atoms with Gasteiger partial charge in [-0.25, -0.2) is 0 Å². The number of pyridine rings is 1. The molecule has 0 saturated carbocycles. The van der Waals surface area contributed by atoms with Crippen molar-refractivity contribution in [3.05, 3.63) is 18.5 Å². The number of hydrogen-bond acceptors (Lipinski definition) is 4. The second-order valence-electron chi connectivity index (χ2n) is 5.68. The number of nitrogen functional groups attached to an aromatic ring is 1. The topological polar surface area (TPSA) is 45.4 Å². The Hall–Kier alpha value is -1.29. The fourth-order valence-corrected chi connectivity index (χ4v) is 2.84. The Morgan fingerprint density at radius 3 is 2.55 bits per heavy atom. The molecule has 1 aliphatic heterocycles. The van der Waals surface area contributed by atoms with E-state index in [-0.39, 0.29) is 0 Å². The van der Waals surface area contributed by atoms with Gasteiger partial charge in [-0.05, 0) is 19.0 Å². The van der Waals surface area contributed by atoms with Crippen molar-refractivity contribution in [2.45, 2.75) is 39.0 Å². The molecule has 1 aliphatic rings. The average Bonchev–Trinajstić information content (AvgIpc) is 2.48. The van der Waals surface area contributed by atoms with Crippen molar-refractivity contribution < 1.29 is 0 Å². The number of anilines is 2. The van der Waals surface area contributed by atoms with Crippen molar-refractivity contribution in [1.82, 2.24) is 9.88 Å². The Kier molecular flexibility index (Phi) is 6.12. The Balaban J connectivity index is 1.69. The number of nitrogens with two attached hydrogens (primary N) is 1. The van der Waals surface area contributed by atoms with Gasteiger partial charge in [0.1, 0.15) is 0 Å². The summed E-state index contributed by atoms with van der Waals surface area (Å²) in [5.74, 6) is 0. The van der Waals surface area contributed by atoms with Gasteiger partial charge in [0, 0.05) is 32.4 Å². The largest absolute Gasteiger partial charge is 0.396 e. The van der Waals surface area contributed by atoms with Crippen molar-refractivity contribution in [3.8, 4) is 0 Å². The third-order valence-corrected chi connectivity index (χ3v) is 4.12. The van der Waals surface area contributed by atoms with Crippen LogP contribution in [0.5, 0.6) is 0 Å². The first-order valence-electron chi connectivity index (χ1n) is 7.98. The Labute approximate surface area is 123 Å². The highest BCUT2D eigenvalue weighted by Crippen LogP contribution is 2.22. The third-order valence-electron chi connectivity index (χ3n) is 4.12. The molecule has 0 aromatic carbocycles. The highest BCUT2D eigenvalue weighted by molar-refractivity contribution is 5.66. The first-order chi connectivity index (χ1) is 9.81. The zero-order valence-corrected chi connectivity index (χ0v) is 12.7. The van der Waals surface area contributed by atoms with E-state index < -0.39 is 0 Å². The van der Waals surface area contributed by atoms with E-state index in [1.54, 1.807) is 6.20 Å². The molecule has 2 rings (SSSR count). The van der Waals surface area contributed by atoms with E-state index in [0.29, 0.717) is 0 Å². The van der Waals surface area contributed by atoms with Gasteiger partial charge in [0.15, 0.2) is 0 Å². The molecular weight excluding hydrogens is 248 g/mol. The van der Waals surface area contributed by atoms with E-state index in [4.69, 9.17) is 5.73 Å². The number of piperazine rings is 1. The van der Waals surface area contributed by atoms with Crippen LogP contribution in [-0.4, -0.2) is 42.6 Å². The predicted octanol–water partition coefficient (Wildman–Crippen LogP) is 2.76. The Morgan fingerprint density at radius 1 is 1.10 bits per heavy atom. The van der Waals surface area contributed by atoms with Gasteiger partial charge in [-0.15, -0.1) is 0 Å². The van der Waals surface area contributed by atoms with E-state index in [1.165, 1.54) is 38.6 Å². The van der Waals surface area contributed by atoms with E-state index in [0.717, 1.165) is 37.6 Å². The highest BCUT2D eigenvalue weighted by Gasteiger charge is 2.17. The number of aromatic nitrogens is 1. The standard InChI is InChI=1S/C16H28N4/c1-2-3-4-5-6-9-19-10-12-20(13-11-19)16-7-8-18-14-15(16)17/h7-8,14H,2-6,9-13,17H2,1H3. The monoisotopic (exact) mass is 276 g/mol. The number of rotatable bonds is 7. The van der Waals surface area contributed by atoms with Crippen molar-refractivity contribution in [2.24, 2.45) is 0 Å². The summed E-state index contributed by atoms with van der Waals surface area (Å²) in [6.45, 7) is 7.96. The molecule has 2 heterocycles. The molecule has 1 aromatic rings. The molecule has 0 unspecified atom stereocenters. The maximum absolute atomic E-state index is 5.99. The zero-order chi connectivity index (χ0) is 14.2. The maximum atomic E-state index is 5.99. The molecule has 1 saturated heterocycles. The van der Waals surface area contributed by atoms with Gasteiger partial charge in [0.25, 0.3) is 0 Å². The lowest BCUT2D eigenvalue weighted by atomic mass is 10.1. The fraction of sp³-hybridized carbons (Fsp3) is 0.688. The smallest absolute Gasteiger partial charge is 0.0738 e. The second kappa shape index (κ2) is 8.10. The van der Waals surface area contributed by atoms with Crippen LogP contribution in [0.4, 0.5) is 11.4 Å². The number of nitrogens with zero attached hydrogens (tertiary/aromatic N) is 3. The van der Waals surface area contributed by atoms with Gasteiger partial charge in [0.2, 0.25) is 0 Å². The van der Waals surface area contributed by atoms with Crippen molar-refractivity contribution in [3.63, 3.8) is 0 Å². The summed E-state index contributed by atoms with van der Waals surface area (Å²) in [5, 5.41) is 0. The molecule has 0 bridgehead atoms. The van der Waals surface area contributed by atoms with Gasteiger partial charge >= 0.3 is 0 Å². The van der Waals surface area contributed by atoms with Gasteiger partial charge in [-0.1, -0.05) is 32.6 Å². The van der Waals surface area contributed by atoms with Gasteiger partial charge in [-0.2, -0.15) is 0 Å². The third kappa shape index (κ3) is 4.37. The van der Waals surface area contributed by atoms with Crippen LogP contribution >= 0.6 is 0 Å². The van der Waals surface area contributed by atoms with Crippen LogP contribution < -0.4 is 10.6 Å². The number of hydrogen-bond donors (Lipinski definition) is 1. The van der Waals surface area contributed by atoms with Crippen molar-refractivity contribution >= 4 is 11.4 Å². The summed E-state index contributed by atoms with van der Waals surface area (Å²) in [6, 6.07) is 2.02. The Morgan fingerprint density at radius 2 is 1.85 bits per heavy atom. The van der Waals surface area contributed by atoms with Gasteiger partial charge < -0.3 is 10.6 Å². The molecule has 0 amide bonds. The number of unbranched alkanes of at least 4 members (excludes halogenated alkanes) is 4. The molecule has 20 heavy (non-hydrogen) atoms. The summed E-state index contributed by atoms with van der Waals surface area (Å²) < 4.78 is 0. The lowest BCUT2D eigenvalue weighted by Crippen LogP contribution is -2.46. The van der Waals surface area contributed by atoms with Crippen LogP contribution in [0.2, 0.25) is 0 Å². The summed E-state index contributed by atoms with van der Waals surface area (Å²) in [7, 11) is 0. The van der Waals surface area contributed by atoms with Crippen LogP contribution in [0.25, 0.3) is 0 Å². The minimum absolute atomic E-state index is 0.792. The lowest BCUT2D eigenvalue weighted by molar-refractivity contribution is 0.252. The maximum Gasteiger partial charge on any atom is 0.0738 e. The van der Waals surface area contributed by atoms with Crippen molar-refractivity contribution in [1.29, 1.82) is 0 Å². The van der Waals surface area contributed by atoms with Crippen molar-refractivity contribution in [2.75, 3.05) is 43.4 Å². The predicted molar refractivity (Wildman–Crippen MR) is 86.1 cm³/mol. The molecular formula is C16H28N4. The van der Waals surface area contributed by atoms with Crippen LogP contribution in [0.3, 0.4) is 0 Å². The normalized spacial score (nSPS) is 16.6. The van der Waals surface area contributed by atoms with Gasteiger partial charge in [0.05, 0.1) is 17.6 Å². The highest BCUT2D eigenvalue weighted by atomic mass is 15.3. The summed E-state index contributed by atoms with van der Waals surface area (Å²) in [6.07, 6.45) is 10.4. The molecule has 0 spiro atoms. The summed E-state index contributed by atoms with van der Waals surface area (Å²) in [4.78, 5) is 9.02. The fourth-order valence-electron chi connectivity index (χ4n) is 2.84. The van der Waals surface area contributed by atoms with E-state index in [9.17, 15) is 0 Å². The van der Waals surface area contributed by atoms with E-state index in [1.807, 2.05) is 12.3 Å². The summed E-state index contributed by atoms with van der Waals surface area (Å²) in [5.41, 5.74) is 7.93. The molecule has 4 nitrogen and oxygen atoms in total. The average molecular weight is 276 g/mol. The molecule has 112 valence electrons. The molecule has 4 heteroatoms. The molecule has 0 atom stereocenters. The minimum atomic E-state index is 0.792. The molecule has 0 radical (unpaired) electrons. The summed E-state index contributed by atoms with van der Waals surface area (Å²) >= 11 is 0. The van der Waals surface area contributed by atoms with E-state index >= 15 is 0 Å². The molecule has 0 aliphatic carbocycles. The Bertz CT molecular complexity index is 386. The van der Waals surface area contributed by atoms with Crippen LogP contribution in [0.15, 0.2) is 18.5 Å². The molecule has 1 fully saturated rings. The minimum Gasteiger partial charge on any atom is -0.396 e. The SMILES string of the molecule is CCCCCCCN1CCN(c2ccncc2N)CC1. The first kappa shape index (κ1) is 15.1. The first-order valence-corrected chi connectivity index (χ1v) is 7.98. The molecule has 1 aromatic heterocycles. The van der Waals surface area contributed by atoms with E-state index in [2.05, 4.69) is 21.7 Å². The molecule has 2 N–H and O–H groups in total. The zero-order valence-electron chi connectivity index (χ0n) is 12.7. The lowest BCUT2D eigenvalue weighted by Gasteiger charge is -2.36. The van der Waals surface area contributed by atoms with Gasteiger partial charge in [-0.3, -0.25) is 9.88 Å². The van der Waals surface area contributed by atoms with Crippen LogP contribution in [-0.2, 0) is 0 Å². The van der Waals surface area contributed by atoms with Crippen LogP contribution in [0.1, 0.15) is 39.0 Å². The quantitative estimate of drug-likeness (QED) is 0.778. The second-order valence-corrected chi connectivity index (χ2v) is 5.68. The van der Waals surface area contributed by atoms with Crippen LogP contribution in [0, 0.1) is 0 Å².